The van der Waals surface area contributed by atoms with Gasteiger partial charge >= 0.3 is 0 Å². The largest absolute Gasteiger partial charge is 0.350 e. The summed E-state index contributed by atoms with van der Waals surface area (Å²) in [6.07, 6.45) is 5.81. The van der Waals surface area contributed by atoms with Gasteiger partial charge in [0.2, 0.25) is 15.9 Å². The molecule has 1 aromatic carbocycles. The van der Waals surface area contributed by atoms with Gasteiger partial charge in [-0.2, -0.15) is 0 Å². The van der Waals surface area contributed by atoms with Gasteiger partial charge in [-0.1, -0.05) is 30.3 Å². The van der Waals surface area contributed by atoms with Gasteiger partial charge in [-0.25, -0.2) is 18.1 Å². The molecule has 2 atom stereocenters. The van der Waals surface area contributed by atoms with Gasteiger partial charge in [0, 0.05) is 25.2 Å². The molecule has 3 aromatic rings. The molecule has 0 bridgehead atoms. The van der Waals surface area contributed by atoms with Crippen LogP contribution in [0.15, 0.2) is 61.2 Å². The fraction of sp³-hybridized carbons (Fsp3) is 0.348. The lowest BCUT2D eigenvalue weighted by atomic mass is 9.85. The molecule has 33 heavy (non-hydrogen) atoms. The second-order valence-corrected chi connectivity index (χ2v) is 10.2. The Labute approximate surface area is 192 Å². The van der Waals surface area contributed by atoms with E-state index in [2.05, 4.69) is 15.0 Å². The highest BCUT2D eigenvalue weighted by Crippen LogP contribution is 2.29. The van der Waals surface area contributed by atoms with Crippen LogP contribution in [0.2, 0.25) is 0 Å². The van der Waals surface area contributed by atoms with Crippen molar-refractivity contribution in [2.45, 2.75) is 25.3 Å². The molecule has 2 N–H and O–H groups in total. The van der Waals surface area contributed by atoms with Crippen LogP contribution >= 0.6 is 0 Å². The molecule has 0 spiro atoms. The third-order valence-electron chi connectivity index (χ3n) is 5.99. The van der Waals surface area contributed by atoms with E-state index in [4.69, 9.17) is 0 Å². The van der Waals surface area contributed by atoms with Crippen molar-refractivity contribution in [1.82, 2.24) is 24.3 Å². The maximum atomic E-state index is 13.4. The predicted molar refractivity (Wildman–Crippen MR) is 124 cm³/mol. The van der Waals surface area contributed by atoms with Crippen LogP contribution in [0.25, 0.3) is 5.52 Å². The number of imidazole rings is 1. The molecule has 0 unspecified atom stereocenters. The lowest BCUT2D eigenvalue weighted by Crippen LogP contribution is -2.54. The van der Waals surface area contributed by atoms with Crippen molar-refractivity contribution in [3.05, 3.63) is 72.3 Å². The summed E-state index contributed by atoms with van der Waals surface area (Å²) in [5.41, 5.74) is 2.35. The number of benzene rings is 1. The van der Waals surface area contributed by atoms with Gasteiger partial charge in [0.25, 0.3) is 5.91 Å². The number of pyridine rings is 1. The molecule has 1 aliphatic heterocycles. The summed E-state index contributed by atoms with van der Waals surface area (Å²) in [6.45, 7) is 2.04. The van der Waals surface area contributed by atoms with Crippen molar-refractivity contribution in [2.75, 3.05) is 25.4 Å². The first kappa shape index (κ1) is 22.9. The smallest absolute Gasteiger partial charge is 0.256 e. The summed E-state index contributed by atoms with van der Waals surface area (Å²) in [7, 11) is -3.48. The first-order valence-corrected chi connectivity index (χ1v) is 12.5. The van der Waals surface area contributed by atoms with Gasteiger partial charge in [-0.3, -0.25) is 9.59 Å². The monoisotopic (exact) mass is 469 g/mol. The number of carbonyl (C=O) groups is 2. The molecule has 2 aromatic heterocycles. The van der Waals surface area contributed by atoms with Crippen LogP contribution in [0.4, 0.5) is 0 Å². The van der Waals surface area contributed by atoms with Crippen molar-refractivity contribution in [3.8, 4) is 0 Å². The zero-order valence-corrected chi connectivity index (χ0v) is 19.2. The number of amides is 2. The maximum Gasteiger partial charge on any atom is 0.256 e. The highest BCUT2D eigenvalue weighted by Gasteiger charge is 2.34. The number of hydrogen-bond donors (Lipinski definition) is 2. The zero-order chi connectivity index (χ0) is 23.4. The Morgan fingerprint density at radius 2 is 1.94 bits per heavy atom. The van der Waals surface area contributed by atoms with E-state index >= 15 is 0 Å². The molecular weight excluding hydrogens is 442 g/mol. The number of aromatic nitrogens is 2. The van der Waals surface area contributed by atoms with Crippen molar-refractivity contribution < 1.29 is 18.0 Å². The molecule has 0 saturated carbocycles. The molecule has 1 aliphatic rings. The van der Waals surface area contributed by atoms with Crippen molar-refractivity contribution in [3.63, 3.8) is 0 Å². The SMILES string of the molecule is CCS(=O)(=O)NCC(=O)N[C@@H]1CN(C(=O)c2cccn3cncc23)CC[C@H]1c1ccccc1. The van der Waals surface area contributed by atoms with Crippen LogP contribution in [-0.4, -0.2) is 65.9 Å². The Balaban J connectivity index is 1.54. The third-order valence-corrected chi connectivity index (χ3v) is 7.33. The number of fused-ring (bicyclic) bond motifs is 1. The molecule has 10 heteroatoms. The summed E-state index contributed by atoms with van der Waals surface area (Å²) in [5.74, 6) is -0.643. The number of hydrogen-bond acceptors (Lipinski definition) is 5. The number of nitrogens with one attached hydrogen (secondary N) is 2. The molecule has 0 radical (unpaired) electrons. The second kappa shape index (κ2) is 9.72. The fourth-order valence-corrected chi connectivity index (χ4v) is 4.77. The van der Waals surface area contributed by atoms with Gasteiger partial charge < -0.3 is 14.6 Å². The number of sulfonamides is 1. The van der Waals surface area contributed by atoms with Gasteiger partial charge in [0.15, 0.2) is 0 Å². The Morgan fingerprint density at radius 1 is 1.15 bits per heavy atom. The Morgan fingerprint density at radius 3 is 2.70 bits per heavy atom. The highest BCUT2D eigenvalue weighted by molar-refractivity contribution is 7.89. The molecule has 3 heterocycles. The van der Waals surface area contributed by atoms with Gasteiger partial charge in [-0.05, 0) is 31.0 Å². The lowest BCUT2D eigenvalue weighted by molar-refractivity contribution is -0.121. The lowest BCUT2D eigenvalue weighted by Gasteiger charge is -2.39. The van der Waals surface area contributed by atoms with E-state index < -0.39 is 15.9 Å². The number of rotatable bonds is 7. The summed E-state index contributed by atoms with van der Waals surface area (Å²) in [4.78, 5) is 31.8. The average molecular weight is 470 g/mol. The van der Waals surface area contributed by atoms with E-state index in [0.29, 0.717) is 25.1 Å². The predicted octanol–water partition coefficient (Wildman–Crippen LogP) is 1.39. The third kappa shape index (κ3) is 5.23. The Bertz CT molecular complexity index is 1240. The number of carbonyl (C=O) groups excluding carboxylic acids is 2. The summed E-state index contributed by atoms with van der Waals surface area (Å²) < 4.78 is 27.5. The van der Waals surface area contributed by atoms with E-state index in [1.54, 1.807) is 34.0 Å². The van der Waals surface area contributed by atoms with Crippen LogP contribution in [-0.2, 0) is 14.8 Å². The van der Waals surface area contributed by atoms with Gasteiger partial charge in [-0.15, -0.1) is 0 Å². The molecule has 1 saturated heterocycles. The van der Waals surface area contributed by atoms with Crippen molar-refractivity contribution in [2.24, 2.45) is 0 Å². The second-order valence-electron chi connectivity index (χ2n) is 8.06. The van der Waals surface area contributed by atoms with E-state index in [1.165, 1.54) is 6.92 Å². The minimum atomic E-state index is -3.48. The minimum Gasteiger partial charge on any atom is -0.350 e. The molecular formula is C23H27N5O4S. The van der Waals surface area contributed by atoms with Crippen LogP contribution in [0, 0.1) is 0 Å². The minimum absolute atomic E-state index is 0.00717. The molecule has 0 aliphatic carbocycles. The molecule has 174 valence electrons. The summed E-state index contributed by atoms with van der Waals surface area (Å²) in [6, 6.07) is 13.1. The van der Waals surface area contributed by atoms with Crippen LogP contribution in [0.5, 0.6) is 0 Å². The van der Waals surface area contributed by atoms with Crippen LogP contribution in [0.3, 0.4) is 0 Å². The van der Waals surface area contributed by atoms with E-state index in [-0.39, 0.29) is 30.2 Å². The van der Waals surface area contributed by atoms with Crippen molar-refractivity contribution in [1.29, 1.82) is 0 Å². The maximum absolute atomic E-state index is 13.4. The normalized spacial score (nSPS) is 18.9. The standard InChI is InChI=1S/C23H27N5O4S/c1-2-33(31,32)25-14-22(29)26-20-15-27(12-10-18(20)17-7-4-3-5-8-17)23(30)19-9-6-11-28-16-24-13-21(19)28/h3-9,11,13,16,18,20,25H,2,10,12,14-15H2,1H3,(H,26,29)/t18-,20+/m0/s1. The summed E-state index contributed by atoms with van der Waals surface area (Å²) in [5, 5.41) is 2.96. The van der Waals surface area contributed by atoms with E-state index in [1.807, 2.05) is 36.5 Å². The van der Waals surface area contributed by atoms with E-state index in [0.717, 1.165) is 11.1 Å². The molecule has 1 fully saturated rings. The first-order valence-electron chi connectivity index (χ1n) is 10.9. The molecule has 9 nitrogen and oxygen atoms in total. The van der Waals surface area contributed by atoms with Crippen molar-refractivity contribution >= 4 is 27.4 Å². The molecule has 2 amide bonds. The number of nitrogens with zero attached hydrogens (tertiary/aromatic N) is 3. The quantitative estimate of drug-likeness (QED) is 0.543. The van der Waals surface area contributed by atoms with Crippen LogP contribution < -0.4 is 10.0 Å². The molecule has 4 rings (SSSR count). The van der Waals surface area contributed by atoms with Crippen LogP contribution in [0.1, 0.15) is 35.2 Å². The average Bonchev–Trinajstić information content (AvgIpc) is 3.32. The number of piperidine rings is 1. The zero-order valence-electron chi connectivity index (χ0n) is 18.3. The highest BCUT2D eigenvalue weighted by atomic mass is 32.2. The number of likely N-dealkylation sites (tertiary alicyclic amines) is 1. The topological polar surface area (TPSA) is 113 Å². The summed E-state index contributed by atoms with van der Waals surface area (Å²) >= 11 is 0. The van der Waals surface area contributed by atoms with Gasteiger partial charge in [0.1, 0.15) is 0 Å². The van der Waals surface area contributed by atoms with Gasteiger partial charge in [0.05, 0.1) is 41.9 Å². The Kier molecular flexibility index (Phi) is 6.75. The van der Waals surface area contributed by atoms with E-state index in [9.17, 15) is 18.0 Å². The first-order chi connectivity index (χ1) is 15.9. The Hall–Kier alpha value is -3.24. The fourth-order valence-electron chi connectivity index (χ4n) is 4.22.